The molecule has 25 heavy (non-hydrogen) atoms. The highest BCUT2D eigenvalue weighted by Gasteiger charge is 2.39. The molecule has 1 saturated carbocycles. The van der Waals surface area contributed by atoms with Crippen LogP contribution < -0.4 is 16.2 Å². The van der Waals surface area contributed by atoms with E-state index in [1.165, 1.54) is 16.7 Å². The normalized spacial score (nSPS) is 18.7. The average Bonchev–Trinajstić information content (AvgIpc) is 3.28. The van der Waals surface area contributed by atoms with E-state index in [0.717, 1.165) is 17.7 Å². The number of aryl methyl sites for hydroxylation is 4. The summed E-state index contributed by atoms with van der Waals surface area (Å²) < 4.78 is 0. The van der Waals surface area contributed by atoms with Crippen molar-refractivity contribution < 1.29 is 4.79 Å². The maximum atomic E-state index is 12.1. The fourth-order valence-corrected chi connectivity index (χ4v) is 3.21. The molecular formula is C20H25N3O2. The largest absolute Gasteiger partial charge is 0.335 e. The van der Waals surface area contributed by atoms with Crippen LogP contribution in [0.5, 0.6) is 0 Å². The van der Waals surface area contributed by atoms with Crippen LogP contribution >= 0.6 is 0 Å². The number of aromatic amines is 1. The average molecular weight is 339 g/mol. The molecule has 0 bridgehead atoms. The number of rotatable bonds is 4. The van der Waals surface area contributed by atoms with E-state index in [9.17, 15) is 9.59 Å². The summed E-state index contributed by atoms with van der Waals surface area (Å²) in [6.07, 6.45) is 0.958. The zero-order chi connectivity index (χ0) is 18.1. The molecule has 1 aromatic carbocycles. The van der Waals surface area contributed by atoms with Gasteiger partial charge in [-0.3, -0.25) is 4.79 Å². The van der Waals surface area contributed by atoms with Crippen molar-refractivity contribution in [3.05, 3.63) is 68.1 Å². The highest BCUT2D eigenvalue weighted by Crippen LogP contribution is 2.41. The van der Waals surface area contributed by atoms with Crippen LogP contribution in [-0.2, 0) is 6.54 Å². The lowest BCUT2D eigenvalue weighted by atomic mass is 10.0. The molecule has 0 aliphatic heterocycles. The Morgan fingerprint density at radius 2 is 1.88 bits per heavy atom. The second-order valence-electron chi connectivity index (χ2n) is 7.06. The first-order valence-corrected chi connectivity index (χ1v) is 8.66. The number of benzene rings is 1. The summed E-state index contributed by atoms with van der Waals surface area (Å²) in [4.78, 5) is 26.9. The third kappa shape index (κ3) is 3.92. The third-order valence-electron chi connectivity index (χ3n) is 4.99. The van der Waals surface area contributed by atoms with Crippen LogP contribution in [-0.4, -0.2) is 17.1 Å². The SMILES string of the molecule is Cc1cc(C)c(CNC(=O)N[C@@H]2C[C@@H]2c2ccc(C)c(C)c2)c(=O)[nH]1. The molecule has 1 fully saturated rings. The van der Waals surface area contributed by atoms with Gasteiger partial charge in [0.15, 0.2) is 0 Å². The molecule has 0 saturated heterocycles. The van der Waals surface area contributed by atoms with E-state index >= 15 is 0 Å². The van der Waals surface area contributed by atoms with Crippen molar-refractivity contribution >= 4 is 6.03 Å². The lowest BCUT2D eigenvalue weighted by Crippen LogP contribution is -2.38. The Morgan fingerprint density at radius 3 is 2.56 bits per heavy atom. The van der Waals surface area contributed by atoms with Gasteiger partial charge in [-0.2, -0.15) is 0 Å². The molecule has 132 valence electrons. The minimum atomic E-state index is -0.226. The highest BCUT2D eigenvalue weighted by atomic mass is 16.2. The number of carbonyl (C=O) groups is 1. The molecule has 2 amide bonds. The summed E-state index contributed by atoms with van der Waals surface area (Å²) in [7, 11) is 0. The number of H-pyrrole nitrogens is 1. The smallest absolute Gasteiger partial charge is 0.315 e. The van der Waals surface area contributed by atoms with Gasteiger partial charge in [0.25, 0.3) is 5.56 Å². The minimum Gasteiger partial charge on any atom is -0.335 e. The van der Waals surface area contributed by atoms with E-state index in [2.05, 4.69) is 47.7 Å². The number of urea groups is 1. The molecule has 2 atom stereocenters. The van der Waals surface area contributed by atoms with Crippen LogP contribution in [0.3, 0.4) is 0 Å². The number of aromatic nitrogens is 1. The van der Waals surface area contributed by atoms with E-state index in [0.29, 0.717) is 11.5 Å². The van der Waals surface area contributed by atoms with Crippen molar-refractivity contribution in [1.29, 1.82) is 0 Å². The first-order valence-electron chi connectivity index (χ1n) is 8.66. The Morgan fingerprint density at radius 1 is 1.12 bits per heavy atom. The fraction of sp³-hybridized carbons (Fsp3) is 0.400. The summed E-state index contributed by atoms with van der Waals surface area (Å²) in [5.41, 5.74) is 6.01. The molecule has 0 radical (unpaired) electrons. The Kier molecular flexibility index (Phi) is 4.66. The molecule has 1 aromatic heterocycles. The Balaban J connectivity index is 1.54. The van der Waals surface area contributed by atoms with Gasteiger partial charge in [0.05, 0.1) is 6.54 Å². The van der Waals surface area contributed by atoms with E-state index < -0.39 is 0 Å². The molecular weight excluding hydrogens is 314 g/mol. The van der Waals surface area contributed by atoms with Crippen molar-refractivity contribution in [3.63, 3.8) is 0 Å². The van der Waals surface area contributed by atoms with Gasteiger partial charge in [0.1, 0.15) is 0 Å². The first kappa shape index (κ1) is 17.3. The van der Waals surface area contributed by atoms with Crippen LogP contribution in [0.4, 0.5) is 4.79 Å². The monoisotopic (exact) mass is 339 g/mol. The molecule has 3 rings (SSSR count). The van der Waals surface area contributed by atoms with E-state index in [-0.39, 0.29) is 24.2 Å². The van der Waals surface area contributed by atoms with Gasteiger partial charge in [0, 0.05) is 23.2 Å². The van der Waals surface area contributed by atoms with Crippen LogP contribution in [0, 0.1) is 27.7 Å². The van der Waals surface area contributed by atoms with Gasteiger partial charge in [-0.15, -0.1) is 0 Å². The predicted octanol–water partition coefficient (Wildman–Crippen LogP) is 2.96. The molecule has 0 unspecified atom stereocenters. The van der Waals surface area contributed by atoms with E-state index in [4.69, 9.17) is 0 Å². The van der Waals surface area contributed by atoms with Gasteiger partial charge in [-0.1, -0.05) is 18.2 Å². The van der Waals surface area contributed by atoms with E-state index in [1.807, 2.05) is 19.9 Å². The van der Waals surface area contributed by atoms with Crippen LogP contribution in [0.2, 0.25) is 0 Å². The molecule has 0 spiro atoms. The van der Waals surface area contributed by atoms with Gasteiger partial charge in [-0.05, 0) is 62.4 Å². The van der Waals surface area contributed by atoms with Gasteiger partial charge < -0.3 is 15.6 Å². The van der Waals surface area contributed by atoms with Gasteiger partial charge in [-0.25, -0.2) is 4.79 Å². The summed E-state index contributed by atoms with van der Waals surface area (Å²) in [5, 5.41) is 5.79. The van der Waals surface area contributed by atoms with Crippen LogP contribution in [0.15, 0.2) is 29.1 Å². The van der Waals surface area contributed by atoms with E-state index in [1.54, 1.807) is 0 Å². The number of amides is 2. The van der Waals surface area contributed by atoms with Crippen molar-refractivity contribution in [2.24, 2.45) is 0 Å². The maximum Gasteiger partial charge on any atom is 0.315 e. The lowest BCUT2D eigenvalue weighted by molar-refractivity contribution is 0.240. The number of hydrogen-bond acceptors (Lipinski definition) is 2. The quantitative estimate of drug-likeness (QED) is 0.801. The predicted molar refractivity (Wildman–Crippen MR) is 99.0 cm³/mol. The van der Waals surface area contributed by atoms with Crippen molar-refractivity contribution in [3.8, 4) is 0 Å². The second-order valence-corrected chi connectivity index (χ2v) is 7.06. The maximum absolute atomic E-state index is 12.1. The zero-order valence-corrected chi connectivity index (χ0v) is 15.2. The lowest BCUT2D eigenvalue weighted by Gasteiger charge is -2.10. The van der Waals surface area contributed by atoms with Gasteiger partial charge >= 0.3 is 6.03 Å². The van der Waals surface area contributed by atoms with Crippen molar-refractivity contribution in [2.75, 3.05) is 0 Å². The number of pyridine rings is 1. The zero-order valence-electron chi connectivity index (χ0n) is 15.2. The topological polar surface area (TPSA) is 74.0 Å². The van der Waals surface area contributed by atoms with Gasteiger partial charge in [0.2, 0.25) is 0 Å². The molecule has 5 nitrogen and oxygen atoms in total. The molecule has 2 aromatic rings. The first-order chi connectivity index (χ1) is 11.8. The second kappa shape index (κ2) is 6.75. The number of carbonyl (C=O) groups excluding carboxylic acids is 1. The number of hydrogen-bond donors (Lipinski definition) is 3. The van der Waals surface area contributed by atoms with Crippen molar-refractivity contribution in [2.45, 2.75) is 52.6 Å². The molecule has 5 heteroatoms. The molecule has 3 N–H and O–H groups in total. The molecule has 1 heterocycles. The number of nitrogens with one attached hydrogen (secondary N) is 3. The highest BCUT2D eigenvalue weighted by molar-refractivity contribution is 5.75. The third-order valence-corrected chi connectivity index (χ3v) is 4.99. The van der Waals surface area contributed by atoms with Crippen LogP contribution in [0.25, 0.3) is 0 Å². The summed E-state index contributed by atoms with van der Waals surface area (Å²) in [5.74, 6) is 0.384. The molecule has 1 aliphatic carbocycles. The van der Waals surface area contributed by atoms with Crippen molar-refractivity contribution in [1.82, 2.24) is 15.6 Å². The Labute approximate surface area is 147 Å². The van der Waals surface area contributed by atoms with Crippen LogP contribution in [0.1, 0.15) is 45.8 Å². The standard InChI is InChI=1S/C20H25N3O2/c1-11-5-6-15(8-12(11)2)16-9-18(16)23-20(25)21-10-17-13(3)7-14(4)22-19(17)24/h5-8,16,18H,9-10H2,1-4H3,(H,22,24)(H2,21,23,25)/t16-,18-/m1/s1. The minimum absolute atomic E-state index is 0.141. The summed E-state index contributed by atoms with van der Waals surface area (Å²) >= 11 is 0. The summed E-state index contributed by atoms with van der Waals surface area (Å²) in [6, 6.07) is 8.33. The Bertz CT molecular complexity index is 870. The molecule has 1 aliphatic rings. The summed E-state index contributed by atoms with van der Waals surface area (Å²) in [6.45, 7) is 8.17. The fourth-order valence-electron chi connectivity index (χ4n) is 3.21. The Hall–Kier alpha value is -2.56.